The summed E-state index contributed by atoms with van der Waals surface area (Å²) in [6.45, 7) is 2.22. The molecule has 0 amide bonds. The number of hydrogen-bond acceptors (Lipinski definition) is 4. The van der Waals surface area contributed by atoms with Gasteiger partial charge in [-0.2, -0.15) is 12.1 Å². The van der Waals surface area contributed by atoms with E-state index in [1.807, 2.05) is 42.6 Å². The Labute approximate surface area is 406 Å². The van der Waals surface area contributed by atoms with Crippen LogP contribution in [-0.2, 0) is 21.1 Å². The minimum atomic E-state index is 0. The molecule has 326 valence electrons. The van der Waals surface area contributed by atoms with E-state index in [9.17, 15) is 0 Å². The van der Waals surface area contributed by atoms with Gasteiger partial charge in [0.1, 0.15) is 5.82 Å². The Bertz CT molecular complexity index is 3930. The molecular weight excluding hydrogens is 1020 g/mol. The third kappa shape index (κ3) is 6.06. The third-order valence-electron chi connectivity index (χ3n) is 13.1. The second kappa shape index (κ2) is 15.9. The normalized spacial score (nSPS) is 12.5. The van der Waals surface area contributed by atoms with Crippen LogP contribution in [-0.4, -0.2) is 18.7 Å². The summed E-state index contributed by atoms with van der Waals surface area (Å²) >= 11 is 0. The molecule has 1 aliphatic rings. The molecule has 0 aliphatic carbocycles. The first-order valence-corrected chi connectivity index (χ1v) is 22.5. The molecular formula is C60H37N6OPt-3. The molecule has 7 nitrogen and oxygen atoms in total. The average molecular weight is 1050 g/mol. The zero-order chi connectivity index (χ0) is 44.0. The molecule has 0 spiro atoms. The molecule has 0 saturated heterocycles. The van der Waals surface area contributed by atoms with E-state index >= 15 is 0 Å². The van der Waals surface area contributed by atoms with Crippen molar-refractivity contribution in [3.05, 3.63) is 237 Å². The Morgan fingerprint density at radius 3 is 1.56 bits per heavy atom. The van der Waals surface area contributed by atoms with Crippen molar-refractivity contribution in [2.24, 2.45) is 0 Å². The minimum absolute atomic E-state index is 0. The zero-order valence-electron chi connectivity index (χ0n) is 36.3. The van der Waals surface area contributed by atoms with Gasteiger partial charge in [-0.1, -0.05) is 115 Å². The molecule has 5 heterocycles. The van der Waals surface area contributed by atoms with Crippen LogP contribution in [0.4, 0.5) is 22.7 Å². The first-order chi connectivity index (χ1) is 33.3. The summed E-state index contributed by atoms with van der Waals surface area (Å²) in [7, 11) is 0. The number of ether oxygens (including phenoxy) is 1. The van der Waals surface area contributed by atoms with Crippen LogP contribution in [0.25, 0.3) is 82.6 Å². The zero-order valence-corrected chi connectivity index (χ0v) is 38.5. The fourth-order valence-corrected chi connectivity index (χ4v) is 10.4. The van der Waals surface area contributed by atoms with Crippen LogP contribution in [0.1, 0.15) is 0 Å². The maximum Gasteiger partial charge on any atom is 0.135 e. The van der Waals surface area contributed by atoms with Crippen molar-refractivity contribution >= 4 is 88.2 Å². The van der Waals surface area contributed by atoms with Crippen molar-refractivity contribution in [2.45, 2.75) is 0 Å². The van der Waals surface area contributed by atoms with Crippen molar-refractivity contribution in [2.75, 3.05) is 9.80 Å². The van der Waals surface area contributed by atoms with Gasteiger partial charge in [0.05, 0.1) is 27.8 Å². The Morgan fingerprint density at radius 1 is 0.412 bits per heavy atom. The molecule has 1 aliphatic heterocycles. The number of pyridine rings is 1. The monoisotopic (exact) mass is 1050 g/mol. The predicted octanol–water partition coefficient (Wildman–Crippen LogP) is 15.2. The maximum atomic E-state index is 6.68. The molecule has 4 aromatic heterocycles. The van der Waals surface area contributed by atoms with E-state index in [-0.39, 0.29) is 21.1 Å². The summed E-state index contributed by atoms with van der Waals surface area (Å²) in [6.07, 6.45) is 1.82. The summed E-state index contributed by atoms with van der Waals surface area (Å²) in [5, 5.41) is 6.96. The number of benzene rings is 9. The van der Waals surface area contributed by atoms with E-state index in [0.717, 1.165) is 83.8 Å². The summed E-state index contributed by atoms with van der Waals surface area (Å²) in [5.74, 6) is 1.99. The number of fused-ring (bicyclic) bond motifs is 10. The second-order valence-electron chi connectivity index (χ2n) is 16.9. The number of hydrogen-bond donors (Lipinski definition) is 0. The minimum Gasteiger partial charge on any atom is -0.509 e. The van der Waals surface area contributed by atoms with Crippen LogP contribution in [0.2, 0.25) is 0 Å². The Kier molecular flexibility index (Phi) is 9.34. The first kappa shape index (κ1) is 39.9. The SMILES string of the molecule is [Pt].[c-]1c(Oc2[c-]c3c(cc2)c2ccccc2n3-c2ccccn2)cccc1N1[CH-]N(c2c3c(cc4c5ccccc5n(-c5ccccc5)c24)c2ccccc2n3-c2ccccc2)c2ccccc21. The molecule has 14 rings (SSSR count). The quantitative estimate of drug-likeness (QED) is 0.149. The maximum absolute atomic E-state index is 6.68. The fourth-order valence-electron chi connectivity index (χ4n) is 10.4. The van der Waals surface area contributed by atoms with Crippen LogP contribution in [0, 0.1) is 18.8 Å². The van der Waals surface area contributed by atoms with E-state index in [2.05, 4.69) is 218 Å². The standard InChI is InChI=1S/C60H37N6O.Pt/c1-3-18-40(19-4-1)64-51-27-10-8-25-46(51)49-38-50-47-26-9-11-28-52(47)65(41-20-5-2-6-21-41)59(50)60(58(49)64)63-39-62(54-30-13-14-31-55(54)63)42-22-17-23-43(36-42)67-44-33-34-48-45-24-7-12-29-53(45)66(56(48)37-44)57-32-15-16-35-61-57;/h1-35,38-39H;/q-3;. The van der Waals surface area contributed by atoms with Crippen molar-refractivity contribution in [1.29, 1.82) is 0 Å². The van der Waals surface area contributed by atoms with Gasteiger partial charge in [0.15, 0.2) is 0 Å². The summed E-state index contributed by atoms with van der Waals surface area (Å²) < 4.78 is 13.7. The number of aromatic nitrogens is 4. The summed E-state index contributed by atoms with van der Waals surface area (Å²) in [4.78, 5) is 9.32. The van der Waals surface area contributed by atoms with Crippen LogP contribution in [0.15, 0.2) is 219 Å². The van der Waals surface area contributed by atoms with Crippen LogP contribution in [0.5, 0.6) is 11.5 Å². The number of para-hydroxylation sites is 7. The van der Waals surface area contributed by atoms with Gasteiger partial charge in [0.2, 0.25) is 0 Å². The largest absolute Gasteiger partial charge is 0.509 e. The average Bonchev–Trinajstić information content (AvgIpc) is 4.13. The molecule has 0 bridgehead atoms. The topological polar surface area (TPSA) is 43.4 Å². The van der Waals surface area contributed by atoms with Gasteiger partial charge in [0, 0.05) is 88.6 Å². The molecule has 9 aromatic carbocycles. The van der Waals surface area contributed by atoms with E-state index in [1.165, 1.54) is 21.5 Å². The van der Waals surface area contributed by atoms with Gasteiger partial charge < -0.3 is 28.2 Å². The van der Waals surface area contributed by atoms with E-state index < -0.39 is 0 Å². The molecule has 0 saturated carbocycles. The van der Waals surface area contributed by atoms with Crippen molar-refractivity contribution in [3.8, 4) is 28.7 Å². The molecule has 8 heteroatoms. The molecule has 0 fully saturated rings. The van der Waals surface area contributed by atoms with Gasteiger partial charge >= 0.3 is 0 Å². The summed E-state index contributed by atoms with van der Waals surface area (Å²) in [5.41, 5.74) is 12.6. The number of rotatable bonds is 7. The molecule has 0 N–H and O–H groups in total. The van der Waals surface area contributed by atoms with Gasteiger partial charge in [-0.05, 0) is 78.2 Å². The van der Waals surface area contributed by atoms with Crippen molar-refractivity contribution in [1.82, 2.24) is 18.7 Å². The van der Waals surface area contributed by atoms with Gasteiger partial charge in [0.25, 0.3) is 0 Å². The molecule has 0 atom stereocenters. The Morgan fingerprint density at radius 2 is 0.941 bits per heavy atom. The Balaban J connectivity index is 0.00000457. The fraction of sp³-hybridized carbons (Fsp3) is 0. The van der Waals surface area contributed by atoms with Crippen molar-refractivity contribution in [3.63, 3.8) is 0 Å². The molecule has 13 aromatic rings. The predicted molar refractivity (Wildman–Crippen MR) is 273 cm³/mol. The van der Waals surface area contributed by atoms with Crippen LogP contribution in [0.3, 0.4) is 0 Å². The van der Waals surface area contributed by atoms with E-state index in [4.69, 9.17) is 9.72 Å². The van der Waals surface area contributed by atoms with Gasteiger partial charge in [-0.25, -0.2) is 4.98 Å². The summed E-state index contributed by atoms with van der Waals surface area (Å²) in [6, 6.07) is 81.8. The smallest absolute Gasteiger partial charge is 0.135 e. The van der Waals surface area contributed by atoms with Gasteiger partial charge in [-0.3, -0.25) is 0 Å². The number of nitrogens with zero attached hydrogens (tertiary/aromatic N) is 6. The second-order valence-corrected chi connectivity index (χ2v) is 16.9. The van der Waals surface area contributed by atoms with Crippen LogP contribution >= 0.6 is 0 Å². The third-order valence-corrected chi connectivity index (χ3v) is 13.1. The first-order valence-electron chi connectivity index (χ1n) is 22.5. The molecule has 68 heavy (non-hydrogen) atoms. The van der Waals surface area contributed by atoms with E-state index in [0.29, 0.717) is 11.5 Å². The van der Waals surface area contributed by atoms with Crippen molar-refractivity contribution < 1.29 is 25.8 Å². The molecule has 0 radical (unpaired) electrons. The van der Waals surface area contributed by atoms with E-state index in [1.54, 1.807) is 0 Å². The van der Waals surface area contributed by atoms with Gasteiger partial charge in [-0.15, -0.1) is 48.1 Å². The molecule has 0 unspecified atom stereocenters. The number of anilines is 4. The Hall–Kier alpha value is -8.38. The van der Waals surface area contributed by atoms with Crippen LogP contribution < -0.4 is 14.5 Å².